The van der Waals surface area contributed by atoms with Crippen LogP contribution in [-0.4, -0.2) is 16.5 Å². The fraction of sp³-hybridized carbons (Fsp3) is 0.273. The molecule has 0 saturated carbocycles. The molecule has 88 valence electrons. The van der Waals surface area contributed by atoms with Gasteiger partial charge in [0.05, 0.1) is 4.47 Å². The zero-order valence-corrected chi connectivity index (χ0v) is 11.5. The molecule has 2 N–H and O–H groups in total. The third-order valence-electron chi connectivity index (χ3n) is 2.85. The van der Waals surface area contributed by atoms with Crippen molar-refractivity contribution in [2.45, 2.75) is 13.0 Å². The fourth-order valence-electron chi connectivity index (χ4n) is 2.02. The van der Waals surface area contributed by atoms with E-state index in [1.54, 1.807) is 6.20 Å². The molecule has 0 radical (unpaired) electrons. The Bertz CT molecular complexity index is 554. The lowest BCUT2D eigenvalue weighted by molar-refractivity contribution is 0.729. The maximum Gasteiger partial charge on any atom is 0.222 e. The summed E-state index contributed by atoms with van der Waals surface area (Å²) in [5.41, 5.74) is 7.03. The first-order valence-corrected chi connectivity index (χ1v) is 6.99. The van der Waals surface area contributed by atoms with Crippen molar-refractivity contribution in [2.24, 2.45) is 0 Å². The summed E-state index contributed by atoms with van der Waals surface area (Å²) in [5.74, 6) is 1.20. The number of thiophene rings is 1. The molecular formula is C11H11BrN4S. The first-order chi connectivity index (χ1) is 8.24. The van der Waals surface area contributed by atoms with Gasteiger partial charge >= 0.3 is 0 Å². The maximum absolute atomic E-state index is 5.64. The van der Waals surface area contributed by atoms with E-state index in [-0.39, 0.29) is 0 Å². The van der Waals surface area contributed by atoms with Gasteiger partial charge in [-0.05, 0) is 39.4 Å². The molecule has 0 atom stereocenters. The van der Waals surface area contributed by atoms with Gasteiger partial charge in [-0.25, -0.2) is 4.98 Å². The molecule has 1 aliphatic heterocycles. The van der Waals surface area contributed by atoms with Crippen LogP contribution in [0.4, 0.5) is 11.8 Å². The summed E-state index contributed by atoms with van der Waals surface area (Å²) >= 11 is 5.31. The minimum absolute atomic E-state index is 0.319. The Morgan fingerprint density at radius 3 is 3.24 bits per heavy atom. The van der Waals surface area contributed by atoms with Crippen LogP contribution in [0.1, 0.15) is 10.4 Å². The number of fused-ring (bicyclic) bond motifs is 1. The molecule has 17 heavy (non-hydrogen) atoms. The van der Waals surface area contributed by atoms with E-state index < -0.39 is 0 Å². The second kappa shape index (κ2) is 4.27. The summed E-state index contributed by atoms with van der Waals surface area (Å²) < 4.78 is 0.894. The highest BCUT2D eigenvalue weighted by molar-refractivity contribution is 9.10. The molecule has 0 unspecified atom stereocenters. The Hall–Kier alpha value is -1.14. The average molecular weight is 311 g/mol. The summed E-state index contributed by atoms with van der Waals surface area (Å²) in [6.07, 6.45) is 2.78. The molecule has 0 aliphatic carbocycles. The van der Waals surface area contributed by atoms with Crippen molar-refractivity contribution in [3.05, 3.63) is 32.6 Å². The van der Waals surface area contributed by atoms with E-state index in [1.807, 2.05) is 11.3 Å². The van der Waals surface area contributed by atoms with Gasteiger partial charge in [0.1, 0.15) is 5.82 Å². The molecule has 3 heterocycles. The maximum atomic E-state index is 5.64. The molecule has 1 aliphatic rings. The van der Waals surface area contributed by atoms with Gasteiger partial charge in [0.25, 0.3) is 0 Å². The van der Waals surface area contributed by atoms with Gasteiger partial charge < -0.3 is 10.6 Å². The molecule has 3 rings (SSSR count). The smallest absolute Gasteiger partial charge is 0.222 e. The first-order valence-electron chi connectivity index (χ1n) is 5.32. The lowest BCUT2D eigenvalue weighted by atomic mass is 10.1. The lowest BCUT2D eigenvalue weighted by Crippen LogP contribution is -2.30. The number of nitrogens with zero attached hydrogens (tertiary/aromatic N) is 3. The predicted molar refractivity (Wildman–Crippen MR) is 73.2 cm³/mol. The average Bonchev–Trinajstić information content (AvgIpc) is 2.79. The van der Waals surface area contributed by atoms with E-state index in [0.29, 0.717) is 5.95 Å². The second-order valence-electron chi connectivity index (χ2n) is 3.94. The van der Waals surface area contributed by atoms with E-state index in [1.165, 1.54) is 10.4 Å². The molecule has 0 saturated heterocycles. The van der Waals surface area contributed by atoms with Crippen molar-refractivity contribution in [1.82, 2.24) is 9.97 Å². The normalized spacial score (nSPS) is 14.8. The first kappa shape index (κ1) is 11.0. The van der Waals surface area contributed by atoms with E-state index in [2.05, 4.69) is 42.2 Å². The van der Waals surface area contributed by atoms with Crippen LogP contribution in [0.3, 0.4) is 0 Å². The van der Waals surface area contributed by atoms with Gasteiger partial charge in [-0.15, -0.1) is 11.3 Å². The van der Waals surface area contributed by atoms with E-state index >= 15 is 0 Å². The van der Waals surface area contributed by atoms with E-state index in [9.17, 15) is 0 Å². The molecule has 2 aromatic rings. The summed E-state index contributed by atoms with van der Waals surface area (Å²) in [7, 11) is 0. The van der Waals surface area contributed by atoms with Crippen molar-refractivity contribution in [3.63, 3.8) is 0 Å². The third-order valence-corrected chi connectivity index (χ3v) is 4.43. The van der Waals surface area contributed by atoms with Crippen molar-refractivity contribution in [1.29, 1.82) is 0 Å². The van der Waals surface area contributed by atoms with Crippen LogP contribution < -0.4 is 10.6 Å². The van der Waals surface area contributed by atoms with Gasteiger partial charge in [-0.1, -0.05) is 0 Å². The van der Waals surface area contributed by atoms with Crippen LogP contribution in [0.15, 0.2) is 22.1 Å². The molecule has 0 fully saturated rings. The zero-order valence-electron chi connectivity index (χ0n) is 9.06. The summed E-state index contributed by atoms with van der Waals surface area (Å²) in [4.78, 5) is 12.0. The third kappa shape index (κ3) is 2.02. The Kier molecular flexibility index (Phi) is 2.76. The van der Waals surface area contributed by atoms with Gasteiger partial charge in [-0.2, -0.15) is 4.98 Å². The second-order valence-corrected chi connectivity index (χ2v) is 5.80. The van der Waals surface area contributed by atoms with Gasteiger partial charge in [0, 0.05) is 24.2 Å². The molecule has 2 aromatic heterocycles. The summed E-state index contributed by atoms with van der Waals surface area (Å²) in [6.45, 7) is 1.87. The van der Waals surface area contributed by atoms with Crippen molar-refractivity contribution >= 4 is 39.0 Å². The molecule has 0 spiro atoms. The van der Waals surface area contributed by atoms with Gasteiger partial charge in [0.2, 0.25) is 5.95 Å². The highest BCUT2D eigenvalue weighted by Crippen LogP contribution is 2.30. The zero-order chi connectivity index (χ0) is 11.8. The predicted octanol–water partition coefficient (Wildman–Crippen LogP) is 2.45. The highest BCUT2D eigenvalue weighted by atomic mass is 79.9. The molecule has 0 amide bonds. The van der Waals surface area contributed by atoms with Crippen LogP contribution in [0.25, 0.3) is 0 Å². The quantitative estimate of drug-likeness (QED) is 0.879. The number of hydrogen-bond donors (Lipinski definition) is 1. The lowest BCUT2D eigenvalue weighted by Gasteiger charge is -2.28. The molecular weight excluding hydrogens is 300 g/mol. The standard InChI is InChI=1S/C11H11BrN4S/c12-8-5-14-11(13)15-10(8)16-3-1-9-7(6-16)2-4-17-9/h2,4-5H,1,3,6H2,(H2,13,14,15). The summed E-state index contributed by atoms with van der Waals surface area (Å²) in [5, 5.41) is 2.15. The largest absolute Gasteiger partial charge is 0.368 e. The van der Waals surface area contributed by atoms with Gasteiger partial charge in [0.15, 0.2) is 0 Å². The van der Waals surface area contributed by atoms with E-state index in [4.69, 9.17) is 5.73 Å². The van der Waals surface area contributed by atoms with Crippen molar-refractivity contribution in [2.75, 3.05) is 17.2 Å². The number of nitrogens with two attached hydrogens (primary N) is 1. The Labute approximate surface area is 112 Å². The highest BCUT2D eigenvalue weighted by Gasteiger charge is 2.20. The van der Waals surface area contributed by atoms with Crippen molar-refractivity contribution < 1.29 is 0 Å². The summed E-state index contributed by atoms with van der Waals surface area (Å²) in [6, 6.07) is 2.19. The number of rotatable bonds is 1. The topological polar surface area (TPSA) is 55.0 Å². The van der Waals surface area contributed by atoms with Crippen LogP contribution in [0.2, 0.25) is 0 Å². The number of halogens is 1. The molecule has 6 heteroatoms. The Morgan fingerprint density at radius 2 is 2.35 bits per heavy atom. The fourth-order valence-corrected chi connectivity index (χ4v) is 3.35. The van der Waals surface area contributed by atoms with Gasteiger partial charge in [-0.3, -0.25) is 0 Å². The number of nitrogen functional groups attached to an aromatic ring is 1. The van der Waals surface area contributed by atoms with Crippen LogP contribution in [0, 0.1) is 0 Å². The Morgan fingerprint density at radius 1 is 1.47 bits per heavy atom. The monoisotopic (exact) mass is 310 g/mol. The number of anilines is 2. The SMILES string of the molecule is Nc1ncc(Br)c(N2CCc3sccc3C2)n1. The van der Waals surface area contributed by atoms with Crippen LogP contribution in [0.5, 0.6) is 0 Å². The molecule has 0 aromatic carbocycles. The minimum atomic E-state index is 0.319. The van der Waals surface area contributed by atoms with Crippen LogP contribution in [-0.2, 0) is 13.0 Å². The van der Waals surface area contributed by atoms with E-state index in [0.717, 1.165) is 29.8 Å². The van der Waals surface area contributed by atoms with Crippen LogP contribution >= 0.6 is 27.3 Å². The minimum Gasteiger partial charge on any atom is -0.368 e. The molecule has 0 bridgehead atoms. The Balaban J connectivity index is 1.94. The van der Waals surface area contributed by atoms with Crippen molar-refractivity contribution in [3.8, 4) is 0 Å². The molecule has 4 nitrogen and oxygen atoms in total. The number of aromatic nitrogens is 2. The number of hydrogen-bond acceptors (Lipinski definition) is 5.